The van der Waals surface area contributed by atoms with Crippen LogP contribution in [0.1, 0.15) is 0 Å². The predicted octanol–water partition coefficient (Wildman–Crippen LogP) is 1.88. The fraction of sp³-hybridized carbons (Fsp3) is 1.00. The summed E-state index contributed by atoms with van der Waals surface area (Å²) in [6, 6.07) is 0. The molecule has 0 saturated carbocycles. The fourth-order valence-corrected chi connectivity index (χ4v) is 1.29. The topological polar surface area (TPSA) is 60.8 Å². The highest BCUT2D eigenvalue weighted by Gasteiger charge is 2.83. The van der Waals surface area contributed by atoms with Gasteiger partial charge in [-0.15, -0.1) is 0 Å². The van der Waals surface area contributed by atoms with Gasteiger partial charge in [0.15, 0.2) is 0 Å². The molecule has 0 aliphatic heterocycles. The molecule has 128 valence electrons. The monoisotopic (exact) mass is 357 g/mol. The molecular weight excluding hydrogens is 349 g/mol. The molecule has 0 fully saturated rings. The van der Waals surface area contributed by atoms with Gasteiger partial charge in [-0.05, 0) is 0 Å². The normalized spacial score (nSPS) is 18.0. The third-order valence-electron chi connectivity index (χ3n) is 2.28. The number of halogens is 9. The zero-order chi connectivity index (χ0) is 17.4. The van der Waals surface area contributed by atoms with Crippen molar-refractivity contribution >= 4 is 11.3 Å². The first-order valence-corrected chi connectivity index (χ1v) is 5.76. The van der Waals surface area contributed by atoms with Gasteiger partial charge in [0.25, 0.3) is 0 Å². The minimum absolute atomic E-state index is 0.0829. The second-order valence-corrected chi connectivity index (χ2v) is 4.91. The molecule has 0 aromatic carbocycles. The van der Waals surface area contributed by atoms with Crippen LogP contribution in [0.2, 0.25) is 0 Å². The SMILES string of the molecule is CN(CC(O)C(F)(F)C(F)(F)C(F)(F)C(F)(F)F)S(=O)O. The van der Waals surface area contributed by atoms with Gasteiger partial charge in [-0.3, -0.25) is 4.55 Å². The highest BCUT2D eigenvalue weighted by Crippen LogP contribution is 2.54. The van der Waals surface area contributed by atoms with Gasteiger partial charge in [0, 0.05) is 13.6 Å². The lowest BCUT2D eigenvalue weighted by molar-refractivity contribution is -0.405. The van der Waals surface area contributed by atoms with E-state index in [2.05, 4.69) is 0 Å². The molecule has 0 heterocycles. The molecule has 2 unspecified atom stereocenters. The van der Waals surface area contributed by atoms with Crippen LogP contribution < -0.4 is 0 Å². The number of aliphatic hydroxyl groups excluding tert-OH is 1. The van der Waals surface area contributed by atoms with Crippen molar-refractivity contribution < 1.29 is 53.4 Å². The summed E-state index contributed by atoms with van der Waals surface area (Å²) in [5.74, 6) is -20.3. The van der Waals surface area contributed by atoms with Crippen LogP contribution >= 0.6 is 0 Å². The van der Waals surface area contributed by atoms with Gasteiger partial charge in [-0.2, -0.15) is 39.5 Å². The van der Waals surface area contributed by atoms with Gasteiger partial charge in [0.05, 0.1) is 0 Å². The second-order valence-electron chi connectivity index (χ2n) is 3.83. The molecule has 0 aromatic rings. The maximum absolute atomic E-state index is 13.1. The van der Waals surface area contributed by atoms with E-state index in [1.807, 2.05) is 0 Å². The van der Waals surface area contributed by atoms with Crippen molar-refractivity contribution in [1.82, 2.24) is 4.31 Å². The van der Waals surface area contributed by atoms with Gasteiger partial charge in [0.1, 0.15) is 6.10 Å². The van der Waals surface area contributed by atoms with Crippen LogP contribution in [0.3, 0.4) is 0 Å². The highest BCUT2D eigenvalue weighted by atomic mass is 32.2. The summed E-state index contributed by atoms with van der Waals surface area (Å²) in [5, 5.41) is 8.74. The second kappa shape index (κ2) is 5.89. The summed E-state index contributed by atoms with van der Waals surface area (Å²) in [5.41, 5.74) is 0. The molecule has 0 spiro atoms. The number of hydrogen-bond donors (Lipinski definition) is 2. The van der Waals surface area contributed by atoms with Crippen molar-refractivity contribution in [3.8, 4) is 0 Å². The molecule has 0 amide bonds. The van der Waals surface area contributed by atoms with Crippen LogP contribution in [0.15, 0.2) is 0 Å². The molecule has 0 aromatic heterocycles. The molecule has 21 heavy (non-hydrogen) atoms. The first kappa shape index (κ1) is 20.4. The van der Waals surface area contributed by atoms with Crippen LogP contribution in [0, 0.1) is 0 Å². The molecule has 0 saturated heterocycles. The molecule has 0 bridgehead atoms. The number of likely N-dealkylation sites (N-methyl/N-ethyl adjacent to an activating group) is 1. The molecule has 0 rings (SSSR count). The summed E-state index contributed by atoms with van der Waals surface area (Å²) in [6.07, 6.45) is -10.8. The van der Waals surface area contributed by atoms with Crippen molar-refractivity contribution in [2.24, 2.45) is 0 Å². The van der Waals surface area contributed by atoms with E-state index in [4.69, 9.17) is 9.66 Å². The van der Waals surface area contributed by atoms with Crippen LogP contribution in [-0.2, 0) is 11.3 Å². The molecule has 14 heteroatoms. The number of alkyl halides is 9. The Morgan fingerprint density at radius 3 is 1.67 bits per heavy atom. The minimum atomic E-state index is -7.12. The Hall–Kier alpha value is -0.600. The lowest BCUT2D eigenvalue weighted by atomic mass is 9.99. The third kappa shape index (κ3) is 3.60. The van der Waals surface area contributed by atoms with Crippen molar-refractivity contribution in [1.29, 1.82) is 0 Å². The molecule has 0 radical (unpaired) electrons. The van der Waals surface area contributed by atoms with Crippen molar-refractivity contribution in [2.75, 3.05) is 13.6 Å². The molecule has 0 aliphatic rings. The van der Waals surface area contributed by atoms with Gasteiger partial charge in [-0.1, -0.05) is 0 Å². The maximum Gasteiger partial charge on any atom is 0.460 e. The van der Waals surface area contributed by atoms with E-state index in [0.717, 1.165) is 0 Å². The van der Waals surface area contributed by atoms with Gasteiger partial charge in [0.2, 0.25) is 11.3 Å². The zero-order valence-corrected chi connectivity index (χ0v) is 10.7. The summed E-state index contributed by atoms with van der Waals surface area (Å²) < 4.78 is 131. The Morgan fingerprint density at radius 2 is 1.38 bits per heavy atom. The van der Waals surface area contributed by atoms with Crippen LogP contribution in [0.25, 0.3) is 0 Å². The van der Waals surface area contributed by atoms with Crippen LogP contribution in [0.5, 0.6) is 0 Å². The number of nitrogens with zero attached hydrogens (tertiary/aromatic N) is 1. The van der Waals surface area contributed by atoms with E-state index in [0.29, 0.717) is 7.05 Å². The van der Waals surface area contributed by atoms with Crippen molar-refractivity contribution in [3.05, 3.63) is 0 Å². The summed E-state index contributed by atoms with van der Waals surface area (Å²) in [6.45, 7) is -1.76. The average Bonchev–Trinajstić information content (AvgIpc) is 2.26. The Bertz CT molecular complexity index is 399. The van der Waals surface area contributed by atoms with Crippen molar-refractivity contribution in [3.63, 3.8) is 0 Å². The Morgan fingerprint density at radius 1 is 1.00 bits per heavy atom. The zero-order valence-electron chi connectivity index (χ0n) is 9.84. The number of rotatable bonds is 6. The van der Waals surface area contributed by atoms with E-state index >= 15 is 0 Å². The minimum Gasteiger partial charge on any atom is -0.385 e. The van der Waals surface area contributed by atoms with E-state index in [-0.39, 0.29) is 4.31 Å². The number of hydrogen-bond acceptors (Lipinski definition) is 2. The van der Waals surface area contributed by atoms with E-state index in [1.165, 1.54) is 0 Å². The largest absolute Gasteiger partial charge is 0.460 e. The molecular formula is C7H8F9NO3S. The lowest BCUT2D eigenvalue weighted by Gasteiger charge is -2.36. The van der Waals surface area contributed by atoms with E-state index in [9.17, 15) is 43.7 Å². The molecule has 4 nitrogen and oxygen atoms in total. The lowest BCUT2D eigenvalue weighted by Crippen LogP contribution is -2.65. The highest BCUT2D eigenvalue weighted by molar-refractivity contribution is 7.76. The quantitative estimate of drug-likeness (QED) is 0.564. The van der Waals surface area contributed by atoms with Crippen LogP contribution in [-0.4, -0.2) is 61.8 Å². The molecule has 2 atom stereocenters. The van der Waals surface area contributed by atoms with E-state index in [1.54, 1.807) is 0 Å². The predicted molar refractivity (Wildman–Crippen MR) is 50.3 cm³/mol. The van der Waals surface area contributed by atoms with Gasteiger partial charge in [-0.25, -0.2) is 8.51 Å². The Kier molecular flexibility index (Phi) is 5.72. The van der Waals surface area contributed by atoms with E-state index < -0.39 is 47.9 Å². The maximum atomic E-state index is 13.1. The summed E-state index contributed by atoms with van der Waals surface area (Å²) in [4.78, 5) is 0. The first-order chi connectivity index (χ1) is 9.00. The molecule has 2 N–H and O–H groups in total. The number of aliphatic hydroxyl groups is 1. The first-order valence-electron chi connectivity index (χ1n) is 4.70. The summed E-state index contributed by atoms with van der Waals surface area (Å²) in [7, 11) is 0.551. The fourth-order valence-electron chi connectivity index (χ4n) is 1.02. The summed E-state index contributed by atoms with van der Waals surface area (Å²) >= 11 is -3.05. The van der Waals surface area contributed by atoms with Gasteiger partial charge < -0.3 is 5.11 Å². The Labute approximate surface area is 113 Å². The average molecular weight is 357 g/mol. The Balaban J connectivity index is 5.52. The van der Waals surface area contributed by atoms with Crippen LogP contribution in [0.4, 0.5) is 39.5 Å². The van der Waals surface area contributed by atoms with Gasteiger partial charge >= 0.3 is 23.9 Å². The smallest absolute Gasteiger partial charge is 0.385 e. The third-order valence-corrected chi connectivity index (χ3v) is 2.97. The van der Waals surface area contributed by atoms with Crippen molar-refractivity contribution in [2.45, 2.75) is 30.0 Å². The standard InChI is InChI=1S/C7H8F9NO3S/c1-17(21(19)20)2-3(18)4(8,9)5(10,11)6(12,13)7(14,15)16/h3,18H,2H2,1H3,(H,19,20). The molecule has 0 aliphatic carbocycles.